The zero-order valence-electron chi connectivity index (χ0n) is 23.2. The average molecular weight is 541 g/mol. The van der Waals surface area contributed by atoms with Gasteiger partial charge in [-0.05, 0) is 0 Å². The van der Waals surface area contributed by atoms with E-state index in [1.807, 2.05) is 35.2 Å². The molecule has 5 unspecified atom stereocenters. The monoisotopic (exact) mass is 540 g/mol. The highest BCUT2D eigenvalue weighted by atomic mass is 17.4. The van der Waals surface area contributed by atoms with Crippen LogP contribution in [0.3, 0.4) is 0 Å². The highest BCUT2D eigenvalue weighted by Crippen LogP contribution is 2.30. The molecule has 0 aliphatic carbocycles. The Balaban J connectivity index is 1.34. The van der Waals surface area contributed by atoms with Gasteiger partial charge in [-0.3, -0.25) is 0 Å². The van der Waals surface area contributed by atoms with Gasteiger partial charge in [0, 0.05) is 19.3 Å². The van der Waals surface area contributed by atoms with Gasteiger partial charge in [0.05, 0.1) is 98.5 Å². The summed E-state index contributed by atoms with van der Waals surface area (Å²) < 4.78 is 32.8. The predicted octanol–water partition coefficient (Wildman–Crippen LogP) is 0.219. The van der Waals surface area contributed by atoms with Gasteiger partial charge in [0.1, 0.15) is 53.6 Å². The fraction of sp³-hybridized carbons (Fsp3) is 1.00. The number of hydrogen-bond donors (Lipinski definition) is 0. The molecule has 216 valence electrons. The fourth-order valence-electron chi connectivity index (χ4n) is 4.37. The summed E-state index contributed by atoms with van der Waals surface area (Å²) in [6.45, 7) is 7.52. The van der Waals surface area contributed by atoms with Crippen molar-refractivity contribution in [2.75, 3.05) is 114 Å². The van der Waals surface area contributed by atoms with Crippen molar-refractivity contribution in [1.82, 2.24) is 0 Å². The summed E-state index contributed by atoms with van der Waals surface area (Å²) in [6.07, 6.45) is 2.89. The van der Waals surface area contributed by atoms with E-state index in [1.54, 1.807) is 0 Å². The van der Waals surface area contributed by atoms with Crippen LogP contribution < -0.4 is 0 Å². The van der Waals surface area contributed by atoms with Crippen LogP contribution in [0, 0.1) is 0 Å². The molecule has 0 saturated carbocycles. The molecule has 4 fully saturated rings. The van der Waals surface area contributed by atoms with E-state index in [0.717, 1.165) is 39.1 Å². The van der Waals surface area contributed by atoms with Gasteiger partial charge in [-0.1, -0.05) is 0 Å². The molecule has 5 atom stereocenters. The van der Waals surface area contributed by atoms with Crippen molar-refractivity contribution in [2.24, 2.45) is 0 Å². The van der Waals surface area contributed by atoms with Crippen molar-refractivity contribution < 1.29 is 67.4 Å². The third kappa shape index (κ3) is 11.2. The van der Waals surface area contributed by atoms with Crippen LogP contribution in [0.15, 0.2) is 0 Å². The van der Waals surface area contributed by atoms with Gasteiger partial charge in [0.15, 0.2) is 19.6 Å². The molecule has 4 rings (SSSR count). The van der Waals surface area contributed by atoms with Crippen LogP contribution in [0.5, 0.6) is 0 Å². The highest BCUT2D eigenvalue weighted by Gasteiger charge is 2.59. The molecule has 0 bridgehead atoms. The lowest BCUT2D eigenvalue weighted by Crippen LogP contribution is -2.71. The summed E-state index contributed by atoms with van der Waals surface area (Å²) in [7, 11) is 9.21. The van der Waals surface area contributed by atoms with Gasteiger partial charge in [0.25, 0.3) is 0 Å². The number of ether oxygens (including phenoxy) is 6. The zero-order chi connectivity index (χ0) is 26.4. The second-order valence-corrected chi connectivity index (χ2v) is 10.9. The number of nitrogens with zero attached hydrogens (tertiary/aromatic N) is 4. The molecule has 0 amide bonds. The van der Waals surface area contributed by atoms with E-state index in [4.69, 9.17) is 48.2 Å². The van der Waals surface area contributed by atoms with E-state index in [0.29, 0.717) is 59.3 Å². The molecule has 0 radical (unpaired) electrons. The van der Waals surface area contributed by atoms with E-state index in [1.165, 1.54) is 0 Å². The third-order valence-corrected chi connectivity index (χ3v) is 6.11. The molecule has 14 heteroatoms. The van der Waals surface area contributed by atoms with E-state index in [9.17, 15) is 0 Å². The summed E-state index contributed by atoms with van der Waals surface area (Å²) in [5.74, 6) is 0. The number of hydroxylamine groups is 16. The summed E-state index contributed by atoms with van der Waals surface area (Å²) in [4.78, 5) is 25.1. The smallest absolute Gasteiger partial charge is 0.156 e. The van der Waals surface area contributed by atoms with Crippen LogP contribution in [0.1, 0.15) is 19.3 Å². The summed E-state index contributed by atoms with van der Waals surface area (Å²) in [6, 6.07) is 0. The maximum Gasteiger partial charge on any atom is 0.156 e. The average Bonchev–Trinajstić information content (AvgIpc) is 3.63. The lowest BCUT2D eigenvalue weighted by molar-refractivity contribution is -1.66. The van der Waals surface area contributed by atoms with Crippen molar-refractivity contribution in [3.63, 3.8) is 0 Å². The van der Waals surface area contributed by atoms with E-state index < -0.39 is 0 Å². The maximum absolute atomic E-state index is 6.56. The van der Waals surface area contributed by atoms with E-state index >= 15 is 0 Å². The Bertz CT molecular complexity index is 667. The lowest BCUT2D eigenvalue weighted by atomic mass is 10.4. The van der Waals surface area contributed by atoms with Crippen molar-refractivity contribution in [3.8, 4) is 0 Å². The Kier molecular flexibility index (Phi) is 10.1. The summed E-state index contributed by atoms with van der Waals surface area (Å²) in [5, 5.41) is 0. The van der Waals surface area contributed by atoms with Gasteiger partial charge in [-0.2, -0.15) is 0 Å². The Labute approximate surface area is 219 Å². The van der Waals surface area contributed by atoms with Crippen LogP contribution >= 0.6 is 0 Å². The number of quaternary nitrogens is 4. The van der Waals surface area contributed by atoms with Gasteiger partial charge in [-0.25, -0.2) is 0 Å². The first kappa shape index (κ1) is 29.4. The molecule has 0 aromatic heterocycles. The molecule has 0 aromatic rings. The second-order valence-electron chi connectivity index (χ2n) is 10.9. The highest BCUT2D eigenvalue weighted by molar-refractivity contribution is 4.68. The van der Waals surface area contributed by atoms with Crippen molar-refractivity contribution >= 4 is 0 Å². The molecule has 4 aliphatic rings. The molecule has 4 saturated heterocycles. The molecule has 14 nitrogen and oxygen atoms in total. The number of hydrogen-bond acceptors (Lipinski definition) is 10. The Hall–Kier alpha value is -0.560. The van der Waals surface area contributed by atoms with Gasteiger partial charge in [0.2, 0.25) is 0 Å². The molecule has 0 aromatic carbocycles. The lowest BCUT2D eigenvalue weighted by Gasteiger charge is -2.41. The van der Waals surface area contributed by atoms with Gasteiger partial charge >= 0.3 is 0 Å². The number of rotatable bonds is 18. The molecule has 0 spiro atoms. The van der Waals surface area contributed by atoms with Crippen LogP contribution in [0.25, 0.3) is 0 Å². The Morgan fingerprint density at radius 1 is 0.514 bits per heavy atom. The molecular weight excluding hydrogens is 492 g/mol. The molecule has 4 aliphatic heterocycles. The van der Waals surface area contributed by atoms with E-state index in [-0.39, 0.29) is 37.6 Å². The van der Waals surface area contributed by atoms with Crippen LogP contribution in [-0.4, -0.2) is 152 Å². The van der Waals surface area contributed by atoms with E-state index in [2.05, 4.69) is 0 Å². The topological polar surface area (TPSA) is 102 Å². The van der Waals surface area contributed by atoms with Crippen molar-refractivity contribution in [3.05, 3.63) is 0 Å². The third-order valence-electron chi connectivity index (χ3n) is 6.11. The normalized spacial score (nSPS) is 38.7. The van der Waals surface area contributed by atoms with Crippen LogP contribution in [-0.2, 0) is 48.2 Å². The van der Waals surface area contributed by atoms with Crippen LogP contribution in [0.2, 0.25) is 0 Å². The quantitative estimate of drug-likeness (QED) is 0.136. The first-order valence-corrected chi connectivity index (χ1v) is 13.4. The largest absolute Gasteiger partial charge is 0.378 e. The van der Waals surface area contributed by atoms with Crippen molar-refractivity contribution in [1.29, 1.82) is 0 Å². The second kappa shape index (κ2) is 12.7. The van der Waals surface area contributed by atoms with Gasteiger partial charge < -0.3 is 28.4 Å². The minimum Gasteiger partial charge on any atom is -0.378 e. The Morgan fingerprint density at radius 3 is 1.11 bits per heavy atom. The molecular formula is C23H48N4O10+4. The van der Waals surface area contributed by atoms with Crippen molar-refractivity contribution in [2.45, 2.75) is 37.6 Å². The van der Waals surface area contributed by atoms with Gasteiger partial charge in [-0.15, -0.1) is 0 Å². The minimum absolute atomic E-state index is 0.186. The minimum atomic E-state index is -0.231. The SMILES string of the molecule is C[N+]1(C)O[N+](C)(CCCOCC2CO2)O[N+](C)(CCCOCC2CO2)O[N+](C)(CCCOCC2CO2)O1. The Morgan fingerprint density at radius 2 is 0.811 bits per heavy atom. The predicted molar refractivity (Wildman–Crippen MR) is 125 cm³/mol. The first-order chi connectivity index (χ1) is 17.6. The number of epoxide rings is 3. The fourth-order valence-corrected chi connectivity index (χ4v) is 4.37. The maximum atomic E-state index is 6.56. The zero-order valence-corrected chi connectivity index (χ0v) is 23.2. The molecule has 0 N–H and O–H groups in total. The van der Waals surface area contributed by atoms with Crippen LogP contribution in [0.4, 0.5) is 0 Å². The first-order valence-electron chi connectivity index (χ1n) is 13.4. The molecule has 4 heterocycles. The standard InChI is InChI=1S/C23H48N4O10/c1-24(2)34-25(3,9-6-12-28-15-21-18-31-21)36-27(5,11-8-14-30-17-23-20-33-23)37-26(4,35-24)10-7-13-29-16-22-19-32-22/h21-23H,6-20H2,1-5H3/q+4. The summed E-state index contributed by atoms with van der Waals surface area (Å²) >= 11 is 0. The molecule has 37 heavy (non-hydrogen) atoms. The summed E-state index contributed by atoms with van der Waals surface area (Å²) in [5.41, 5.74) is 0.